The van der Waals surface area contributed by atoms with Gasteiger partial charge in [-0.15, -0.1) is 0 Å². The number of nitrogens with zero attached hydrogens (tertiary/aromatic N) is 4. The number of rotatable bonds is 6. The van der Waals surface area contributed by atoms with Gasteiger partial charge in [0.15, 0.2) is 5.54 Å². The topological polar surface area (TPSA) is 156 Å². The van der Waals surface area contributed by atoms with Crippen molar-refractivity contribution in [3.8, 4) is 0 Å². The number of H-pyrrole nitrogens is 2. The number of carbonyl (C=O) groups is 2. The van der Waals surface area contributed by atoms with Gasteiger partial charge in [0.1, 0.15) is 0 Å². The molecule has 150 valence electrons. The van der Waals surface area contributed by atoms with E-state index in [1.54, 1.807) is 6.92 Å². The fraction of sp³-hybridized carbons (Fsp3) is 0.500. The Bertz CT molecular complexity index is 865. The van der Waals surface area contributed by atoms with Gasteiger partial charge < -0.3 is 19.4 Å². The van der Waals surface area contributed by atoms with Crippen LogP contribution in [0.5, 0.6) is 0 Å². The zero-order chi connectivity index (χ0) is 20.3. The first-order valence-corrected chi connectivity index (χ1v) is 8.58. The lowest BCUT2D eigenvalue weighted by molar-refractivity contribution is -0.486. The zero-order valence-electron chi connectivity index (χ0n) is 15.4. The monoisotopic (exact) mass is 392 g/mol. The molecule has 0 saturated heterocycles. The summed E-state index contributed by atoms with van der Waals surface area (Å²) in [4.78, 5) is 51.9. The van der Waals surface area contributed by atoms with Crippen LogP contribution in [0.1, 0.15) is 29.9 Å². The van der Waals surface area contributed by atoms with Crippen LogP contribution >= 0.6 is 0 Å². The molecule has 2 atom stereocenters. The van der Waals surface area contributed by atoms with Gasteiger partial charge in [-0.05, 0) is 6.92 Å². The summed E-state index contributed by atoms with van der Waals surface area (Å²) in [6, 6.07) is 0. The van der Waals surface area contributed by atoms with Gasteiger partial charge in [-0.3, -0.25) is 15.0 Å². The van der Waals surface area contributed by atoms with Crippen molar-refractivity contribution in [1.29, 1.82) is 0 Å². The number of aromatic nitrogens is 4. The molecule has 1 aliphatic rings. The summed E-state index contributed by atoms with van der Waals surface area (Å²) in [5, 5.41) is 11.5. The molecule has 0 saturated carbocycles. The lowest BCUT2D eigenvalue weighted by Gasteiger charge is -2.46. The number of nitro groups is 1. The Morgan fingerprint density at radius 3 is 2.82 bits per heavy atom. The Hall–Kier alpha value is -3.44. The van der Waals surface area contributed by atoms with Crippen LogP contribution in [0.3, 0.4) is 0 Å². The minimum absolute atomic E-state index is 0.0361. The molecule has 2 aromatic rings. The largest absolute Gasteiger partial charge is 0.467 e. The van der Waals surface area contributed by atoms with E-state index in [1.165, 1.54) is 30.9 Å². The Morgan fingerprint density at radius 2 is 2.21 bits per heavy atom. The first-order chi connectivity index (χ1) is 13.4. The van der Waals surface area contributed by atoms with Crippen molar-refractivity contribution < 1.29 is 24.0 Å². The van der Waals surface area contributed by atoms with E-state index >= 15 is 0 Å². The third-order valence-electron chi connectivity index (χ3n) is 4.87. The SMILES string of the molecule is CCOC(=O)N1Cc2[nH]cnc2C[C@]1(C(=O)OC)C(C[N+](=O)[O-])c1cnc[nH]1. The van der Waals surface area contributed by atoms with Crippen molar-refractivity contribution in [3.63, 3.8) is 0 Å². The summed E-state index contributed by atoms with van der Waals surface area (Å²) >= 11 is 0. The first-order valence-electron chi connectivity index (χ1n) is 8.58. The fourth-order valence-electron chi connectivity index (χ4n) is 3.64. The minimum Gasteiger partial charge on any atom is -0.467 e. The van der Waals surface area contributed by atoms with Crippen molar-refractivity contribution in [2.75, 3.05) is 20.3 Å². The van der Waals surface area contributed by atoms with E-state index < -0.39 is 35.0 Å². The predicted octanol–water partition coefficient (Wildman–Crippen LogP) is 0.620. The second-order valence-electron chi connectivity index (χ2n) is 6.28. The average Bonchev–Trinajstić information content (AvgIpc) is 3.35. The van der Waals surface area contributed by atoms with Crippen LogP contribution in [0.4, 0.5) is 4.79 Å². The molecule has 3 heterocycles. The van der Waals surface area contributed by atoms with Gasteiger partial charge in [-0.2, -0.15) is 0 Å². The molecule has 0 bridgehead atoms. The van der Waals surface area contributed by atoms with Gasteiger partial charge in [0.2, 0.25) is 6.54 Å². The molecule has 0 aromatic carbocycles. The number of hydrogen-bond donors (Lipinski definition) is 2. The molecular formula is C16H20N6O6. The smallest absolute Gasteiger partial charge is 0.411 e. The first kappa shape index (κ1) is 19.3. The second-order valence-corrected chi connectivity index (χ2v) is 6.28. The highest BCUT2D eigenvalue weighted by Gasteiger charge is 2.59. The van der Waals surface area contributed by atoms with Gasteiger partial charge in [-0.25, -0.2) is 19.6 Å². The van der Waals surface area contributed by atoms with Crippen LogP contribution in [0, 0.1) is 10.1 Å². The summed E-state index contributed by atoms with van der Waals surface area (Å²) in [6.45, 7) is 1.04. The van der Waals surface area contributed by atoms with E-state index in [4.69, 9.17) is 9.47 Å². The molecule has 3 rings (SSSR count). The lowest BCUT2D eigenvalue weighted by atomic mass is 9.74. The molecule has 2 aromatic heterocycles. The van der Waals surface area contributed by atoms with E-state index in [0.29, 0.717) is 17.1 Å². The molecule has 0 radical (unpaired) electrons. The number of ether oxygens (including phenoxy) is 2. The maximum atomic E-state index is 13.1. The number of esters is 1. The summed E-state index contributed by atoms with van der Waals surface area (Å²) in [5.74, 6) is -1.86. The van der Waals surface area contributed by atoms with Crippen LogP contribution in [-0.4, -0.2) is 67.6 Å². The Labute approximate surface area is 159 Å². The number of nitrogens with one attached hydrogen (secondary N) is 2. The average molecular weight is 392 g/mol. The van der Waals surface area contributed by atoms with E-state index in [9.17, 15) is 19.7 Å². The summed E-state index contributed by atoms with van der Waals surface area (Å²) in [5.41, 5.74) is -0.255. The fourth-order valence-corrected chi connectivity index (χ4v) is 3.64. The van der Waals surface area contributed by atoms with Crippen molar-refractivity contribution >= 4 is 12.1 Å². The van der Waals surface area contributed by atoms with E-state index in [-0.39, 0.29) is 19.6 Å². The van der Waals surface area contributed by atoms with Gasteiger partial charge in [0, 0.05) is 23.2 Å². The highest BCUT2D eigenvalue weighted by Crippen LogP contribution is 2.41. The number of fused-ring (bicyclic) bond motifs is 1. The van der Waals surface area contributed by atoms with Crippen LogP contribution in [0.25, 0.3) is 0 Å². The molecule has 2 N–H and O–H groups in total. The van der Waals surface area contributed by atoms with E-state index in [0.717, 1.165) is 0 Å². The van der Waals surface area contributed by atoms with Gasteiger partial charge >= 0.3 is 12.1 Å². The molecule has 12 nitrogen and oxygen atoms in total. The molecule has 0 spiro atoms. The molecular weight excluding hydrogens is 372 g/mol. The van der Waals surface area contributed by atoms with Gasteiger partial charge in [-0.1, -0.05) is 0 Å². The maximum absolute atomic E-state index is 13.1. The summed E-state index contributed by atoms with van der Waals surface area (Å²) in [7, 11) is 1.17. The normalized spacial score (nSPS) is 19.6. The highest BCUT2D eigenvalue weighted by atomic mass is 16.6. The summed E-state index contributed by atoms with van der Waals surface area (Å²) < 4.78 is 10.2. The van der Waals surface area contributed by atoms with Crippen LogP contribution in [-0.2, 0) is 27.2 Å². The predicted molar refractivity (Wildman–Crippen MR) is 92.8 cm³/mol. The van der Waals surface area contributed by atoms with E-state index in [2.05, 4.69) is 19.9 Å². The molecule has 12 heteroatoms. The van der Waals surface area contributed by atoms with Crippen molar-refractivity contribution in [1.82, 2.24) is 24.8 Å². The van der Waals surface area contributed by atoms with Crippen molar-refractivity contribution in [2.45, 2.75) is 31.3 Å². The zero-order valence-corrected chi connectivity index (χ0v) is 15.4. The molecule has 0 aliphatic carbocycles. The number of imidazole rings is 2. The Balaban J connectivity index is 2.21. The number of amides is 1. The number of carbonyl (C=O) groups excluding carboxylic acids is 2. The number of hydrogen-bond acceptors (Lipinski definition) is 8. The Morgan fingerprint density at radius 1 is 1.43 bits per heavy atom. The Kier molecular flexibility index (Phi) is 5.29. The maximum Gasteiger partial charge on any atom is 0.411 e. The van der Waals surface area contributed by atoms with Crippen molar-refractivity contribution in [3.05, 3.63) is 46.0 Å². The van der Waals surface area contributed by atoms with Crippen LogP contribution in [0.2, 0.25) is 0 Å². The van der Waals surface area contributed by atoms with E-state index in [1.807, 2.05) is 0 Å². The lowest BCUT2D eigenvalue weighted by Crippen LogP contribution is -2.65. The third kappa shape index (κ3) is 3.17. The quantitative estimate of drug-likeness (QED) is 0.411. The van der Waals surface area contributed by atoms with Crippen LogP contribution in [0.15, 0.2) is 18.9 Å². The number of aromatic amines is 2. The van der Waals surface area contributed by atoms with Crippen LogP contribution < -0.4 is 0 Å². The molecule has 1 unspecified atom stereocenters. The van der Waals surface area contributed by atoms with Gasteiger partial charge in [0.05, 0.1) is 50.2 Å². The standard InChI is InChI=1S/C16H20N6O6/c1-3-28-15(24)21-7-13-11(19-9-20-13)4-16(21,14(23)27-2)10(6-22(25)26)12-5-17-8-18-12/h5,8-10H,3-4,6-7H2,1-2H3,(H,17,18)(H,19,20)/t10?,16-/m1/s1. The molecule has 1 aliphatic heterocycles. The van der Waals surface area contributed by atoms with Gasteiger partial charge in [0.25, 0.3) is 0 Å². The molecule has 28 heavy (non-hydrogen) atoms. The molecule has 0 fully saturated rings. The third-order valence-corrected chi connectivity index (χ3v) is 4.87. The second kappa shape index (κ2) is 7.66. The number of methoxy groups -OCH3 is 1. The highest BCUT2D eigenvalue weighted by molar-refractivity contribution is 5.88. The minimum atomic E-state index is -1.73. The van der Waals surface area contributed by atoms with Crippen molar-refractivity contribution in [2.24, 2.45) is 0 Å². The molecule has 1 amide bonds. The summed E-state index contributed by atoms with van der Waals surface area (Å²) in [6.07, 6.45) is 3.34.